The van der Waals surface area contributed by atoms with E-state index in [0.717, 1.165) is 20.0 Å². The molecule has 0 saturated heterocycles. The van der Waals surface area contributed by atoms with Gasteiger partial charge in [-0.1, -0.05) is 11.8 Å². The Morgan fingerprint density at radius 3 is 2.78 bits per heavy atom. The number of hydrogen-bond donors (Lipinski definition) is 1. The number of hydrogen-bond acceptors (Lipinski definition) is 4. The summed E-state index contributed by atoms with van der Waals surface area (Å²) in [5, 5.41) is 9.68. The first-order valence-corrected chi connectivity index (χ1v) is 6.67. The fraction of sp³-hybridized carbons (Fsp3) is 0.0833. The van der Waals surface area contributed by atoms with Crippen molar-refractivity contribution in [3.05, 3.63) is 46.3 Å². The first-order valence-electron chi connectivity index (χ1n) is 5.06. The number of aromatic carboxylic acids is 1. The summed E-state index contributed by atoms with van der Waals surface area (Å²) in [6.45, 7) is 1.98. The molecular formula is C12H9BrN2O2S. The third kappa shape index (κ3) is 2.88. The highest BCUT2D eigenvalue weighted by atomic mass is 79.9. The molecule has 4 nitrogen and oxygen atoms in total. The molecule has 0 aliphatic rings. The Morgan fingerprint density at radius 1 is 1.33 bits per heavy atom. The van der Waals surface area contributed by atoms with Crippen molar-refractivity contribution in [3.8, 4) is 0 Å². The minimum Gasteiger partial charge on any atom is -0.477 e. The molecule has 92 valence electrons. The molecule has 0 aromatic carbocycles. The van der Waals surface area contributed by atoms with Crippen molar-refractivity contribution in [2.24, 2.45) is 0 Å². The zero-order chi connectivity index (χ0) is 13.1. The number of aromatic nitrogens is 2. The number of carbonyl (C=O) groups is 1. The molecule has 2 aromatic rings. The van der Waals surface area contributed by atoms with E-state index in [-0.39, 0.29) is 5.69 Å². The van der Waals surface area contributed by atoms with Crippen LogP contribution in [0.25, 0.3) is 0 Å². The van der Waals surface area contributed by atoms with Crippen LogP contribution < -0.4 is 0 Å². The lowest BCUT2D eigenvalue weighted by Crippen LogP contribution is -1.99. The van der Waals surface area contributed by atoms with E-state index >= 15 is 0 Å². The number of aryl methyl sites for hydroxylation is 1. The quantitative estimate of drug-likeness (QED) is 0.937. The van der Waals surface area contributed by atoms with Gasteiger partial charge in [0.05, 0.1) is 4.47 Å². The van der Waals surface area contributed by atoms with Crippen LogP contribution in [0.2, 0.25) is 0 Å². The van der Waals surface area contributed by atoms with Gasteiger partial charge in [-0.3, -0.25) is 0 Å². The number of carboxylic acid groups (broad SMARTS) is 1. The number of nitrogens with zero attached hydrogens (tertiary/aromatic N) is 2. The number of rotatable bonds is 3. The predicted molar refractivity (Wildman–Crippen MR) is 72.0 cm³/mol. The van der Waals surface area contributed by atoms with Gasteiger partial charge in [-0.25, -0.2) is 14.8 Å². The number of halogens is 1. The van der Waals surface area contributed by atoms with Crippen LogP contribution in [0.15, 0.2) is 45.0 Å². The van der Waals surface area contributed by atoms with Crippen LogP contribution in [-0.4, -0.2) is 21.0 Å². The second-order valence-corrected chi connectivity index (χ2v) is 5.39. The van der Waals surface area contributed by atoms with Crippen molar-refractivity contribution in [3.63, 3.8) is 0 Å². The van der Waals surface area contributed by atoms with Gasteiger partial charge in [0.25, 0.3) is 0 Å². The highest BCUT2D eigenvalue weighted by molar-refractivity contribution is 9.10. The van der Waals surface area contributed by atoms with Crippen LogP contribution >= 0.6 is 27.7 Å². The molecule has 0 saturated carbocycles. The Bertz CT molecular complexity index is 604. The van der Waals surface area contributed by atoms with Crippen LogP contribution in [0, 0.1) is 6.92 Å². The molecule has 2 aromatic heterocycles. The predicted octanol–water partition coefficient (Wildman–Crippen LogP) is 3.40. The topological polar surface area (TPSA) is 63.1 Å². The van der Waals surface area contributed by atoms with Crippen molar-refractivity contribution in [2.45, 2.75) is 16.8 Å². The van der Waals surface area contributed by atoms with Crippen LogP contribution in [0.4, 0.5) is 0 Å². The Labute approximate surface area is 117 Å². The van der Waals surface area contributed by atoms with Crippen molar-refractivity contribution < 1.29 is 9.90 Å². The molecule has 0 aliphatic heterocycles. The van der Waals surface area contributed by atoms with Crippen LogP contribution in [0.1, 0.15) is 16.1 Å². The maximum atomic E-state index is 10.8. The molecule has 2 heterocycles. The SMILES string of the molecule is Cc1ccnc(Sc2ccnc(C(=O)O)c2)c1Br. The molecule has 6 heteroatoms. The van der Waals surface area contributed by atoms with Crippen molar-refractivity contribution in [2.75, 3.05) is 0 Å². The second-order valence-electron chi connectivity index (χ2n) is 3.53. The molecule has 0 fully saturated rings. The Morgan fingerprint density at radius 2 is 2.06 bits per heavy atom. The van der Waals surface area contributed by atoms with Crippen molar-refractivity contribution in [1.82, 2.24) is 9.97 Å². The van der Waals surface area contributed by atoms with E-state index in [0.29, 0.717) is 0 Å². The summed E-state index contributed by atoms with van der Waals surface area (Å²) < 4.78 is 0.920. The van der Waals surface area contributed by atoms with Gasteiger partial charge in [0.2, 0.25) is 0 Å². The van der Waals surface area contributed by atoms with E-state index in [4.69, 9.17) is 5.11 Å². The zero-order valence-electron chi connectivity index (χ0n) is 9.42. The van der Waals surface area contributed by atoms with Crippen LogP contribution in [0.3, 0.4) is 0 Å². The van der Waals surface area contributed by atoms with E-state index in [1.165, 1.54) is 24.0 Å². The normalized spacial score (nSPS) is 10.3. The maximum Gasteiger partial charge on any atom is 0.354 e. The highest BCUT2D eigenvalue weighted by Crippen LogP contribution is 2.33. The first kappa shape index (κ1) is 13.0. The Balaban J connectivity index is 2.31. The monoisotopic (exact) mass is 324 g/mol. The van der Waals surface area contributed by atoms with E-state index in [1.54, 1.807) is 12.3 Å². The number of carboxylic acids is 1. The molecule has 0 bridgehead atoms. The minimum atomic E-state index is -1.03. The van der Waals surface area contributed by atoms with Gasteiger partial charge in [-0.2, -0.15) is 0 Å². The molecule has 0 amide bonds. The first-order chi connectivity index (χ1) is 8.58. The lowest BCUT2D eigenvalue weighted by Gasteiger charge is -2.05. The maximum absolute atomic E-state index is 10.8. The van der Waals surface area contributed by atoms with E-state index in [2.05, 4.69) is 25.9 Å². The summed E-state index contributed by atoms with van der Waals surface area (Å²) in [5.41, 5.74) is 1.11. The second kappa shape index (κ2) is 5.49. The van der Waals surface area contributed by atoms with E-state index in [9.17, 15) is 4.79 Å². The summed E-state index contributed by atoms with van der Waals surface area (Å²) in [5.74, 6) is -1.03. The van der Waals surface area contributed by atoms with Crippen molar-refractivity contribution >= 4 is 33.7 Å². The molecule has 0 atom stereocenters. The molecule has 2 rings (SSSR count). The molecule has 1 N–H and O–H groups in total. The third-order valence-corrected chi connectivity index (χ3v) is 4.47. The third-order valence-electron chi connectivity index (χ3n) is 2.22. The largest absolute Gasteiger partial charge is 0.477 e. The van der Waals surface area contributed by atoms with Crippen LogP contribution in [0.5, 0.6) is 0 Å². The highest BCUT2D eigenvalue weighted by Gasteiger charge is 2.09. The van der Waals surface area contributed by atoms with Gasteiger partial charge in [0.1, 0.15) is 10.7 Å². The Kier molecular flexibility index (Phi) is 3.98. The molecule has 0 radical (unpaired) electrons. The van der Waals surface area contributed by atoms with Gasteiger partial charge in [0, 0.05) is 17.3 Å². The molecule has 0 spiro atoms. The summed E-state index contributed by atoms with van der Waals surface area (Å²) in [7, 11) is 0. The minimum absolute atomic E-state index is 0.0313. The number of pyridine rings is 2. The fourth-order valence-electron chi connectivity index (χ4n) is 1.29. The van der Waals surface area contributed by atoms with Gasteiger partial charge in [-0.15, -0.1) is 0 Å². The van der Waals surface area contributed by atoms with Gasteiger partial charge in [-0.05, 0) is 46.6 Å². The van der Waals surface area contributed by atoms with E-state index in [1.807, 2.05) is 13.0 Å². The van der Waals surface area contributed by atoms with Gasteiger partial charge >= 0.3 is 5.97 Å². The Hall–Kier alpha value is -1.40. The lowest BCUT2D eigenvalue weighted by atomic mass is 10.3. The van der Waals surface area contributed by atoms with Crippen molar-refractivity contribution in [1.29, 1.82) is 0 Å². The zero-order valence-corrected chi connectivity index (χ0v) is 11.8. The van der Waals surface area contributed by atoms with Crippen LogP contribution in [-0.2, 0) is 0 Å². The molecular weight excluding hydrogens is 316 g/mol. The molecule has 18 heavy (non-hydrogen) atoms. The molecule has 0 aliphatic carbocycles. The standard InChI is InChI=1S/C12H9BrN2O2S/c1-7-2-4-15-11(10(7)13)18-8-3-5-14-9(6-8)12(16)17/h2-6H,1H3,(H,16,17). The average Bonchev–Trinajstić information content (AvgIpc) is 2.35. The van der Waals surface area contributed by atoms with Gasteiger partial charge in [0.15, 0.2) is 0 Å². The fourth-order valence-corrected chi connectivity index (χ4v) is 2.65. The average molecular weight is 325 g/mol. The summed E-state index contributed by atoms with van der Waals surface area (Å²) in [4.78, 5) is 19.7. The van der Waals surface area contributed by atoms with Gasteiger partial charge < -0.3 is 5.11 Å². The summed E-state index contributed by atoms with van der Waals surface area (Å²) in [6.07, 6.45) is 3.21. The molecule has 0 unspecified atom stereocenters. The lowest BCUT2D eigenvalue weighted by molar-refractivity contribution is 0.0690. The van der Waals surface area contributed by atoms with E-state index < -0.39 is 5.97 Å². The smallest absolute Gasteiger partial charge is 0.354 e. The summed E-state index contributed by atoms with van der Waals surface area (Å²) in [6, 6.07) is 5.19. The summed E-state index contributed by atoms with van der Waals surface area (Å²) >= 11 is 4.87.